The number of rotatable bonds is 2. The van der Waals surface area contributed by atoms with Crippen LogP contribution in [-0.2, 0) is 9.47 Å². The molecule has 1 aromatic heterocycles. The average Bonchev–Trinajstić information content (AvgIpc) is 2.51. The molecule has 19 heavy (non-hydrogen) atoms. The van der Waals surface area contributed by atoms with E-state index < -0.39 is 17.7 Å². The van der Waals surface area contributed by atoms with Crippen molar-refractivity contribution in [3.8, 4) is 0 Å². The lowest BCUT2D eigenvalue weighted by molar-refractivity contribution is 0.0446. The number of hydrogen-bond acceptors (Lipinski definition) is 4. The van der Waals surface area contributed by atoms with E-state index in [4.69, 9.17) is 9.47 Å². The molecule has 6 heteroatoms. The topological polar surface area (TPSA) is 57.5 Å². The number of carbonyl (C=O) groups excluding carboxylic acids is 2. The second-order valence-corrected chi connectivity index (χ2v) is 5.87. The molecular formula is C13H18BrNO4. The smallest absolute Gasteiger partial charge is 0.419 e. The molecule has 0 aliphatic carbocycles. The molecule has 0 aliphatic heterocycles. The molecule has 0 N–H and O–H groups in total. The van der Waals surface area contributed by atoms with E-state index in [1.54, 1.807) is 40.7 Å². The summed E-state index contributed by atoms with van der Waals surface area (Å²) in [5, 5.41) is 0. The van der Waals surface area contributed by atoms with E-state index in [0.717, 1.165) is 0 Å². The normalized spacial score (nSPS) is 11.3. The zero-order valence-corrected chi connectivity index (χ0v) is 13.3. The third kappa shape index (κ3) is 3.83. The van der Waals surface area contributed by atoms with Crippen LogP contribution in [0.5, 0.6) is 0 Å². The maximum atomic E-state index is 12.1. The van der Waals surface area contributed by atoms with Crippen LogP contribution in [0.25, 0.3) is 0 Å². The van der Waals surface area contributed by atoms with E-state index in [0.29, 0.717) is 10.2 Å². The van der Waals surface area contributed by atoms with Crippen LogP contribution in [0.15, 0.2) is 10.5 Å². The van der Waals surface area contributed by atoms with E-state index in [2.05, 4.69) is 15.9 Å². The van der Waals surface area contributed by atoms with Crippen molar-refractivity contribution in [3.05, 3.63) is 21.9 Å². The van der Waals surface area contributed by atoms with E-state index >= 15 is 0 Å². The van der Waals surface area contributed by atoms with Crippen LogP contribution in [0.4, 0.5) is 4.79 Å². The molecule has 0 bridgehead atoms. The molecule has 0 aliphatic rings. The van der Waals surface area contributed by atoms with Crippen molar-refractivity contribution in [1.82, 2.24) is 4.57 Å². The Morgan fingerprint density at radius 2 is 1.95 bits per heavy atom. The standard InChI is InChI=1S/C13H18BrNO4/c1-6-18-11(16)10-9(14)7-8(2)15(10)12(17)19-13(3,4)5/h7H,6H2,1-5H3. The maximum Gasteiger partial charge on any atom is 0.419 e. The highest BCUT2D eigenvalue weighted by Gasteiger charge is 2.27. The summed E-state index contributed by atoms with van der Waals surface area (Å²) >= 11 is 3.26. The van der Waals surface area contributed by atoms with Crippen LogP contribution in [0.3, 0.4) is 0 Å². The Kier molecular flexibility index (Phi) is 4.79. The predicted octanol–water partition coefficient (Wildman–Crippen LogP) is 3.52. The van der Waals surface area contributed by atoms with Gasteiger partial charge in [0.1, 0.15) is 5.60 Å². The van der Waals surface area contributed by atoms with Gasteiger partial charge < -0.3 is 9.47 Å². The van der Waals surface area contributed by atoms with Crippen molar-refractivity contribution in [2.75, 3.05) is 6.61 Å². The summed E-state index contributed by atoms with van der Waals surface area (Å²) in [5.41, 5.74) is 0.115. The number of esters is 1. The minimum Gasteiger partial charge on any atom is -0.461 e. The van der Waals surface area contributed by atoms with Crippen LogP contribution in [-0.4, -0.2) is 28.8 Å². The summed E-state index contributed by atoms with van der Waals surface area (Å²) in [7, 11) is 0. The van der Waals surface area contributed by atoms with Crippen molar-refractivity contribution in [2.24, 2.45) is 0 Å². The zero-order valence-electron chi connectivity index (χ0n) is 11.7. The number of nitrogens with zero attached hydrogens (tertiary/aromatic N) is 1. The van der Waals surface area contributed by atoms with Crippen LogP contribution >= 0.6 is 15.9 Å². The van der Waals surface area contributed by atoms with E-state index in [-0.39, 0.29) is 12.3 Å². The van der Waals surface area contributed by atoms with Gasteiger partial charge in [0.05, 0.1) is 11.1 Å². The lowest BCUT2D eigenvalue weighted by atomic mass is 10.2. The molecule has 0 atom stereocenters. The largest absolute Gasteiger partial charge is 0.461 e. The molecule has 5 nitrogen and oxygen atoms in total. The Bertz CT molecular complexity index is 499. The number of hydrogen-bond donors (Lipinski definition) is 0. The SMILES string of the molecule is CCOC(=O)c1c(Br)cc(C)n1C(=O)OC(C)(C)C. The first-order valence-corrected chi connectivity index (χ1v) is 6.75. The molecule has 106 valence electrons. The average molecular weight is 332 g/mol. The Morgan fingerprint density at radius 3 is 2.42 bits per heavy atom. The molecular weight excluding hydrogens is 314 g/mol. The lowest BCUT2D eigenvalue weighted by Crippen LogP contribution is -2.29. The zero-order chi connectivity index (χ0) is 14.8. The molecule has 1 rings (SSSR count). The highest BCUT2D eigenvalue weighted by atomic mass is 79.9. The van der Waals surface area contributed by atoms with E-state index in [9.17, 15) is 9.59 Å². The Hall–Kier alpha value is -1.30. The monoisotopic (exact) mass is 331 g/mol. The summed E-state index contributed by atoms with van der Waals surface area (Å²) in [5.74, 6) is -0.562. The first-order valence-electron chi connectivity index (χ1n) is 5.95. The van der Waals surface area contributed by atoms with Crippen molar-refractivity contribution in [3.63, 3.8) is 0 Å². The van der Waals surface area contributed by atoms with Crippen molar-refractivity contribution >= 4 is 28.0 Å². The van der Waals surface area contributed by atoms with Gasteiger partial charge in [-0.2, -0.15) is 0 Å². The van der Waals surface area contributed by atoms with Gasteiger partial charge in [-0.25, -0.2) is 14.2 Å². The summed E-state index contributed by atoms with van der Waals surface area (Å²) in [6, 6.07) is 1.68. The molecule has 0 spiro atoms. The highest BCUT2D eigenvalue weighted by Crippen LogP contribution is 2.24. The molecule has 1 aromatic rings. The first-order chi connectivity index (χ1) is 8.67. The third-order valence-electron chi connectivity index (χ3n) is 2.18. The van der Waals surface area contributed by atoms with Gasteiger partial charge in [-0.05, 0) is 56.6 Å². The maximum absolute atomic E-state index is 12.1. The number of aromatic nitrogens is 1. The van der Waals surface area contributed by atoms with Crippen molar-refractivity contribution in [2.45, 2.75) is 40.2 Å². The van der Waals surface area contributed by atoms with Gasteiger partial charge in [-0.1, -0.05) is 0 Å². The minimum absolute atomic E-state index is 0.147. The first kappa shape index (κ1) is 15.8. The van der Waals surface area contributed by atoms with E-state index in [1.165, 1.54) is 4.57 Å². The molecule has 0 radical (unpaired) electrons. The molecule has 0 saturated heterocycles. The van der Waals surface area contributed by atoms with Crippen molar-refractivity contribution in [1.29, 1.82) is 0 Å². The van der Waals surface area contributed by atoms with Gasteiger partial charge in [0.25, 0.3) is 0 Å². The molecule has 1 heterocycles. The second-order valence-electron chi connectivity index (χ2n) is 5.02. The van der Waals surface area contributed by atoms with Crippen LogP contribution in [0, 0.1) is 6.92 Å². The van der Waals surface area contributed by atoms with Crippen molar-refractivity contribution < 1.29 is 19.1 Å². The van der Waals surface area contributed by atoms with Gasteiger partial charge in [-0.15, -0.1) is 0 Å². The van der Waals surface area contributed by atoms with Gasteiger partial charge >= 0.3 is 12.1 Å². The second kappa shape index (κ2) is 5.77. The Morgan fingerprint density at radius 1 is 1.37 bits per heavy atom. The van der Waals surface area contributed by atoms with Gasteiger partial charge in [-0.3, -0.25) is 0 Å². The van der Waals surface area contributed by atoms with Gasteiger partial charge in [0, 0.05) is 5.69 Å². The third-order valence-corrected chi connectivity index (χ3v) is 2.79. The summed E-state index contributed by atoms with van der Waals surface area (Å²) < 4.78 is 12.0. The number of carbonyl (C=O) groups is 2. The molecule has 0 unspecified atom stereocenters. The van der Waals surface area contributed by atoms with E-state index in [1.807, 2.05) is 0 Å². The number of aryl methyl sites for hydroxylation is 1. The molecule has 0 saturated carbocycles. The van der Waals surface area contributed by atoms with Crippen LogP contribution in [0.2, 0.25) is 0 Å². The van der Waals surface area contributed by atoms with Gasteiger partial charge in [0.2, 0.25) is 0 Å². The van der Waals surface area contributed by atoms with Gasteiger partial charge in [0.15, 0.2) is 5.69 Å². The molecule has 0 amide bonds. The number of ether oxygens (including phenoxy) is 2. The summed E-state index contributed by atoms with van der Waals surface area (Å²) in [4.78, 5) is 24.0. The molecule has 0 fully saturated rings. The summed E-state index contributed by atoms with van der Waals surface area (Å²) in [6.45, 7) is 8.97. The van der Waals surface area contributed by atoms with Crippen LogP contribution < -0.4 is 0 Å². The summed E-state index contributed by atoms with van der Waals surface area (Å²) in [6.07, 6.45) is -0.598. The lowest BCUT2D eigenvalue weighted by Gasteiger charge is -2.21. The molecule has 0 aromatic carbocycles. The quantitative estimate of drug-likeness (QED) is 0.778. The fourth-order valence-electron chi connectivity index (χ4n) is 1.53. The number of halogens is 1. The highest BCUT2D eigenvalue weighted by molar-refractivity contribution is 9.10. The van der Waals surface area contributed by atoms with Crippen LogP contribution in [0.1, 0.15) is 43.9 Å². The predicted molar refractivity (Wildman–Crippen MR) is 74.5 cm³/mol. The Labute approximate surface area is 121 Å². The Balaban J connectivity index is 3.20. The minimum atomic E-state index is -0.633. The fraction of sp³-hybridized carbons (Fsp3) is 0.538. The fourth-order valence-corrected chi connectivity index (χ4v) is 2.20.